The number of nitrogens with one attached hydrogen (secondary N) is 2. The van der Waals surface area contributed by atoms with Crippen molar-refractivity contribution >= 4 is 27.4 Å². The van der Waals surface area contributed by atoms with Crippen LogP contribution in [0.2, 0.25) is 0 Å². The monoisotopic (exact) mass is 420 g/mol. The predicted molar refractivity (Wildman–Crippen MR) is 107 cm³/mol. The topological polar surface area (TPSA) is 90.0 Å². The van der Waals surface area contributed by atoms with Crippen molar-refractivity contribution in [3.8, 4) is 5.75 Å². The normalized spacial score (nSPS) is 25.7. The first-order valence-electron chi connectivity index (χ1n) is 9.20. The van der Waals surface area contributed by atoms with Crippen LogP contribution in [0.3, 0.4) is 0 Å². The van der Waals surface area contributed by atoms with Crippen molar-refractivity contribution in [2.75, 3.05) is 25.2 Å². The van der Waals surface area contributed by atoms with E-state index in [9.17, 15) is 14.0 Å². The Balaban J connectivity index is 1.57. The van der Waals surface area contributed by atoms with E-state index in [-0.39, 0.29) is 18.5 Å². The molecule has 0 aromatic carbocycles. The molecule has 3 unspecified atom stereocenters. The van der Waals surface area contributed by atoms with E-state index in [2.05, 4.69) is 25.1 Å². The van der Waals surface area contributed by atoms with Gasteiger partial charge in [-0.05, 0) is 31.7 Å². The summed E-state index contributed by atoms with van der Waals surface area (Å²) in [5.41, 5.74) is 5.13. The van der Waals surface area contributed by atoms with Crippen molar-refractivity contribution in [2.24, 2.45) is 0 Å². The zero-order chi connectivity index (χ0) is 20.6. The average molecular weight is 420 g/mol. The number of hydrazine groups is 1. The summed E-state index contributed by atoms with van der Waals surface area (Å²) in [5.74, 6) is 0.599. The molecule has 3 aliphatic rings. The van der Waals surface area contributed by atoms with Crippen LogP contribution in [0.4, 0.5) is 10.2 Å². The van der Waals surface area contributed by atoms with Crippen molar-refractivity contribution < 1.29 is 18.7 Å². The highest BCUT2D eigenvalue weighted by Crippen LogP contribution is 2.39. The van der Waals surface area contributed by atoms with Gasteiger partial charge in [0.2, 0.25) is 6.41 Å². The van der Waals surface area contributed by atoms with Gasteiger partial charge in [0.25, 0.3) is 5.91 Å². The fourth-order valence-electron chi connectivity index (χ4n) is 3.59. The molecule has 9 nitrogen and oxygen atoms in total. The molecule has 4 heterocycles. The molecule has 1 aromatic rings. The number of rotatable bonds is 5. The van der Waals surface area contributed by atoms with Crippen LogP contribution in [0.1, 0.15) is 23.2 Å². The molecule has 4 rings (SSSR count). The third-order valence-corrected chi connectivity index (χ3v) is 5.68. The third kappa shape index (κ3) is 3.59. The first-order chi connectivity index (χ1) is 13.9. The summed E-state index contributed by atoms with van der Waals surface area (Å²) >= 11 is 0. The fraction of sp³-hybridized carbons (Fsp3) is 0.389. The number of anilines is 1. The maximum atomic E-state index is 14.5. The van der Waals surface area contributed by atoms with E-state index < -0.39 is 11.4 Å². The predicted octanol–water partition coefficient (Wildman–Crippen LogP) is 0.892. The Kier molecular flexibility index (Phi) is 5.24. The number of ether oxygens (including phenoxy) is 1. The molecule has 0 saturated carbocycles. The zero-order valence-electron chi connectivity index (χ0n) is 15.8. The van der Waals surface area contributed by atoms with Gasteiger partial charge in [0.1, 0.15) is 6.17 Å². The average Bonchev–Trinajstić information content (AvgIpc) is 3.29. The summed E-state index contributed by atoms with van der Waals surface area (Å²) < 4.78 is 20.2. The van der Waals surface area contributed by atoms with Gasteiger partial charge in [0.05, 0.1) is 5.56 Å². The largest absolute Gasteiger partial charge is 0.469 e. The molecular formula is C18H22FN6O3P. The number of allylic oxidation sites excluding steroid dienone is 1. The molecule has 0 bridgehead atoms. The minimum Gasteiger partial charge on any atom is -0.469 e. The Morgan fingerprint density at radius 2 is 2.34 bits per heavy atom. The van der Waals surface area contributed by atoms with E-state index in [1.54, 1.807) is 25.4 Å². The van der Waals surface area contributed by atoms with Crippen LogP contribution in [-0.2, 0) is 4.79 Å². The van der Waals surface area contributed by atoms with E-state index in [1.807, 2.05) is 11.0 Å². The highest BCUT2D eigenvalue weighted by Gasteiger charge is 2.41. The quantitative estimate of drug-likeness (QED) is 0.317. The molecule has 1 aromatic heterocycles. The van der Waals surface area contributed by atoms with Crippen molar-refractivity contribution in [1.82, 2.24) is 25.6 Å². The number of fused-ring (bicyclic) bond motifs is 1. The first-order valence-corrected chi connectivity index (χ1v) is 9.77. The van der Waals surface area contributed by atoms with Gasteiger partial charge in [-0.1, -0.05) is 9.24 Å². The van der Waals surface area contributed by atoms with Gasteiger partial charge >= 0.3 is 0 Å². The summed E-state index contributed by atoms with van der Waals surface area (Å²) in [4.78, 5) is 32.8. The summed E-state index contributed by atoms with van der Waals surface area (Å²) in [6.45, 7) is 0.581. The van der Waals surface area contributed by atoms with Crippen LogP contribution < -0.4 is 20.5 Å². The number of aromatic nitrogens is 1. The van der Waals surface area contributed by atoms with Crippen LogP contribution in [0.25, 0.3) is 0 Å². The zero-order valence-corrected chi connectivity index (χ0v) is 17.0. The van der Waals surface area contributed by atoms with Gasteiger partial charge in [-0.2, -0.15) is 0 Å². The van der Waals surface area contributed by atoms with Gasteiger partial charge in [-0.15, -0.1) is 0 Å². The number of halogens is 1. The van der Waals surface area contributed by atoms with Gasteiger partial charge in [-0.25, -0.2) is 14.8 Å². The number of amides is 2. The van der Waals surface area contributed by atoms with Crippen LogP contribution in [0, 0.1) is 0 Å². The van der Waals surface area contributed by atoms with E-state index in [4.69, 9.17) is 4.74 Å². The van der Waals surface area contributed by atoms with Crippen molar-refractivity contribution in [1.29, 1.82) is 0 Å². The van der Waals surface area contributed by atoms with Gasteiger partial charge < -0.3 is 14.5 Å². The number of hydrogen-bond donors (Lipinski definition) is 2. The Morgan fingerprint density at radius 3 is 3.03 bits per heavy atom. The number of carbonyl (C=O) groups is 2. The van der Waals surface area contributed by atoms with Crippen LogP contribution in [-0.4, -0.2) is 59.1 Å². The Hall–Kier alpha value is -2.55. The SMILES string of the molecule is CNNC1C=C(N2COc3cc(C(=O)N4CCCC4(F)P)cnc32)C=CN1C=O. The Bertz CT molecular complexity index is 892. The standard InChI is InChI=1S/C18H22FN6O3P/c1-20-22-15-8-13(3-6-23(15)10-26)24-11-28-14-7-12(9-21-16(14)24)17(27)25-5-2-4-18(25,19)29/h3,6-10,15,20,22H,2,4-5,11,29H2,1H3. The second-order valence-corrected chi connectivity index (χ2v) is 7.81. The minimum atomic E-state index is -1.72. The third-order valence-electron chi connectivity index (χ3n) is 5.08. The van der Waals surface area contributed by atoms with Crippen molar-refractivity contribution in [2.45, 2.75) is 24.5 Å². The lowest BCUT2D eigenvalue weighted by Crippen LogP contribution is -2.48. The van der Waals surface area contributed by atoms with Gasteiger partial charge in [0, 0.05) is 31.1 Å². The number of likely N-dealkylation sites (tertiary alicyclic amines) is 1. The Labute approximate surface area is 169 Å². The summed E-state index contributed by atoms with van der Waals surface area (Å²) in [7, 11) is 3.83. The molecule has 0 radical (unpaired) electrons. The second kappa shape index (κ2) is 7.70. The smallest absolute Gasteiger partial charge is 0.258 e. The first kappa shape index (κ1) is 19.8. The van der Waals surface area contributed by atoms with Crippen molar-refractivity contribution in [3.63, 3.8) is 0 Å². The van der Waals surface area contributed by atoms with E-state index in [0.29, 0.717) is 31.0 Å². The van der Waals surface area contributed by atoms with E-state index >= 15 is 0 Å². The molecule has 154 valence electrons. The summed E-state index contributed by atoms with van der Waals surface area (Å²) in [6, 6.07) is 1.60. The highest BCUT2D eigenvalue weighted by atomic mass is 31.0. The van der Waals surface area contributed by atoms with Gasteiger partial charge in [0.15, 0.2) is 23.8 Å². The summed E-state index contributed by atoms with van der Waals surface area (Å²) in [6.07, 6.45) is 7.98. The Morgan fingerprint density at radius 1 is 1.52 bits per heavy atom. The second-order valence-electron chi connectivity index (χ2n) is 6.93. The lowest BCUT2D eigenvalue weighted by Gasteiger charge is -2.29. The van der Waals surface area contributed by atoms with Crippen LogP contribution in [0.5, 0.6) is 5.75 Å². The maximum Gasteiger partial charge on any atom is 0.258 e. The number of carbonyl (C=O) groups excluding carboxylic acids is 2. The fourth-order valence-corrected chi connectivity index (χ4v) is 4.04. The van der Waals surface area contributed by atoms with Crippen LogP contribution in [0.15, 0.2) is 36.3 Å². The number of alkyl halides is 1. The number of hydrogen-bond acceptors (Lipinski definition) is 7. The number of nitrogens with zero attached hydrogens (tertiary/aromatic N) is 4. The molecule has 3 aliphatic heterocycles. The number of pyridine rings is 1. The van der Waals surface area contributed by atoms with Crippen molar-refractivity contribution in [3.05, 3.63) is 41.9 Å². The molecular weight excluding hydrogens is 398 g/mol. The molecule has 11 heteroatoms. The summed E-state index contributed by atoms with van der Waals surface area (Å²) in [5, 5.41) is 0. The van der Waals surface area contributed by atoms with E-state index in [0.717, 1.165) is 12.1 Å². The highest BCUT2D eigenvalue weighted by molar-refractivity contribution is 7.18. The van der Waals surface area contributed by atoms with Gasteiger partial charge in [-0.3, -0.25) is 19.9 Å². The molecule has 1 saturated heterocycles. The maximum absolute atomic E-state index is 14.5. The van der Waals surface area contributed by atoms with Crippen LogP contribution >= 0.6 is 9.24 Å². The molecule has 29 heavy (non-hydrogen) atoms. The van der Waals surface area contributed by atoms with E-state index in [1.165, 1.54) is 16.0 Å². The molecule has 0 aliphatic carbocycles. The minimum absolute atomic E-state index is 0.212. The molecule has 0 spiro atoms. The molecule has 1 fully saturated rings. The molecule has 2 N–H and O–H groups in total. The molecule has 2 amide bonds. The molecule has 3 atom stereocenters. The lowest BCUT2D eigenvalue weighted by molar-refractivity contribution is -0.117. The lowest BCUT2D eigenvalue weighted by atomic mass is 10.2.